The number of nitrogens with zero attached hydrogens (tertiary/aromatic N) is 1. The normalized spacial score (nSPS) is 26.1. The molecule has 0 amide bonds. The molecule has 1 aromatic carbocycles. The summed E-state index contributed by atoms with van der Waals surface area (Å²) in [7, 11) is 0. The zero-order valence-electron chi connectivity index (χ0n) is 10.8. The first kappa shape index (κ1) is 12.9. The monoisotopic (exact) mass is 252 g/mol. The molecule has 1 heterocycles. The number of hydrogen-bond acceptors (Lipinski definition) is 2. The van der Waals surface area contributed by atoms with Crippen molar-refractivity contribution in [3.63, 3.8) is 0 Å². The number of aryl methyl sites for hydroxylation is 1. The highest BCUT2D eigenvalue weighted by molar-refractivity contribution is 6.31. The quantitative estimate of drug-likeness (QED) is 0.871. The molecule has 3 heteroatoms. The van der Waals surface area contributed by atoms with Gasteiger partial charge in [0.15, 0.2) is 0 Å². The summed E-state index contributed by atoms with van der Waals surface area (Å²) in [5, 5.41) is 4.37. The van der Waals surface area contributed by atoms with E-state index < -0.39 is 0 Å². The zero-order valence-corrected chi connectivity index (χ0v) is 11.6. The molecule has 0 aromatic heterocycles. The van der Waals surface area contributed by atoms with Crippen molar-refractivity contribution in [3.8, 4) is 0 Å². The van der Waals surface area contributed by atoms with Crippen molar-refractivity contribution in [2.75, 3.05) is 13.1 Å². The van der Waals surface area contributed by atoms with Gasteiger partial charge in [0.2, 0.25) is 0 Å². The van der Waals surface area contributed by atoms with Crippen molar-refractivity contribution in [1.29, 1.82) is 0 Å². The van der Waals surface area contributed by atoms with Gasteiger partial charge in [-0.2, -0.15) is 0 Å². The van der Waals surface area contributed by atoms with E-state index in [-0.39, 0.29) is 0 Å². The number of benzene rings is 1. The Bertz CT molecular complexity index is 392. The summed E-state index contributed by atoms with van der Waals surface area (Å²) >= 11 is 6.17. The molecule has 1 saturated heterocycles. The summed E-state index contributed by atoms with van der Waals surface area (Å²) in [5.74, 6) is 0. The predicted octanol–water partition coefficient (Wildman–Crippen LogP) is 2.83. The van der Waals surface area contributed by atoms with Crippen molar-refractivity contribution in [1.82, 2.24) is 10.2 Å². The van der Waals surface area contributed by atoms with Gasteiger partial charge in [-0.3, -0.25) is 4.90 Å². The first-order chi connectivity index (χ1) is 8.06. The lowest BCUT2D eigenvalue weighted by Crippen LogP contribution is -2.53. The molecule has 17 heavy (non-hydrogen) atoms. The van der Waals surface area contributed by atoms with Gasteiger partial charge in [0.05, 0.1) is 0 Å². The maximum absolute atomic E-state index is 6.17. The van der Waals surface area contributed by atoms with Crippen LogP contribution in [0.1, 0.15) is 25.0 Å². The molecular formula is C14H21ClN2. The third-order valence-corrected chi connectivity index (χ3v) is 3.92. The minimum Gasteiger partial charge on any atom is -0.311 e. The van der Waals surface area contributed by atoms with E-state index in [0.717, 1.165) is 30.2 Å². The average molecular weight is 253 g/mol. The molecule has 2 rings (SSSR count). The van der Waals surface area contributed by atoms with E-state index in [1.165, 1.54) is 5.56 Å². The standard InChI is InChI=1S/C14H21ClN2/c1-10-4-5-13(6-14(10)15)9-17-8-11(2)16-7-12(17)3/h4-6,11-12,16H,7-9H2,1-3H3. The summed E-state index contributed by atoms with van der Waals surface area (Å²) in [6.07, 6.45) is 0. The van der Waals surface area contributed by atoms with Gasteiger partial charge < -0.3 is 5.32 Å². The van der Waals surface area contributed by atoms with Crippen LogP contribution in [0.15, 0.2) is 18.2 Å². The van der Waals surface area contributed by atoms with Crippen LogP contribution in [0.4, 0.5) is 0 Å². The fourth-order valence-corrected chi connectivity index (χ4v) is 2.49. The van der Waals surface area contributed by atoms with Gasteiger partial charge >= 0.3 is 0 Å². The van der Waals surface area contributed by atoms with Gasteiger partial charge in [0, 0.05) is 36.7 Å². The molecule has 2 atom stereocenters. The zero-order chi connectivity index (χ0) is 12.4. The predicted molar refractivity (Wildman–Crippen MR) is 73.5 cm³/mol. The first-order valence-electron chi connectivity index (χ1n) is 6.28. The molecular weight excluding hydrogens is 232 g/mol. The van der Waals surface area contributed by atoms with E-state index in [4.69, 9.17) is 11.6 Å². The van der Waals surface area contributed by atoms with Crippen LogP contribution in [0.3, 0.4) is 0 Å². The van der Waals surface area contributed by atoms with Gasteiger partial charge in [-0.05, 0) is 38.0 Å². The Labute approximate surface area is 109 Å². The Morgan fingerprint density at radius 2 is 2.18 bits per heavy atom. The van der Waals surface area contributed by atoms with Gasteiger partial charge in [-0.25, -0.2) is 0 Å². The number of hydrogen-bond donors (Lipinski definition) is 1. The lowest BCUT2D eigenvalue weighted by atomic mass is 10.1. The highest BCUT2D eigenvalue weighted by Gasteiger charge is 2.22. The fraction of sp³-hybridized carbons (Fsp3) is 0.571. The minimum atomic E-state index is 0.576. The van der Waals surface area contributed by atoms with E-state index in [2.05, 4.69) is 42.3 Å². The SMILES string of the molecule is Cc1ccc(CN2CC(C)NCC2C)cc1Cl. The smallest absolute Gasteiger partial charge is 0.0438 e. The second-order valence-corrected chi connectivity index (χ2v) is 5.58. The Balaban J connectivity index is 2.06. The number of piperazine rings is 1. The highest BCUT2D eigenvalue weighted by atomic mass is 35.5. The first-order valence-corrected chi connectivity index (χ1v) is 6.66. The van der Waals surface area contributed by atoms with Crippen LogP contribution >= 0.6 is 11.6 Å². The molecule has 1 aromatic rings. The third kappa shape index (κ3) is 3.21. The van der Waals surface area contributed by atoms with Crippen molar-refractivity contribution in [3.05, 3.63) is 34.3 Å². The Kier molecular flexibility index (Phi) is 4.08. The molecule has 0 saturated carbocycles. The van der Waals surface area contributed by atoms with E-state index in [1.807, 2.05) is 6.92 Å². The van der Waals surface area contributed by atoms with Crippen LogP contribution in [0.2, 0.25) is 5.02 Å². The van der Waals surface area contributed by atoms with Gasteiger partial charge in [0.1, 0.15) is 0 Å². The third-order valence-electron chi connectivity index (χ3n) is 3.52. The molecule has 0 bridgehead atoms. The maximum Gasteiger partial charge on any atom is 0.0438 e. The molecule has 0 spiro atoms. The van der Waals surface area contributed by atoms with Crippen molar-refractivity contribution in [2.24, 2.45) is 0 Å². The molecule has 0 aliphatic carbocycles. The Hall–Kier alpha value is -0.570. The Morgan fingerprint density at radius 3 is 2.88 bits per heavy atom. The maximum atomic E-state index is 6.17. The average Bonchev–Trinajstić information content (AvgIpc) is 2.29. The van der Waals surface area contributed by atoms with Crippen LogP contribution in [-0.2, 0) is 6.54 Å². The summed E-state index contributed by atoms with van der Waals surface area (Å²) in [5.41, 5.74) is 2.46. The number of nitrogens with one attached hydrogen (secondary N) is 1. The van der Waals surface area contributed by atoms with Crippen LogP contribution in [0.25, 0.3) is 0 Å². The van der Waals surface area contributed by atoms with Crippen molar-refractivity contribution >= 4 is 11.6 Å². The van der Waals surface area contributed by atoms with Crippen LogP contribution in [0.5, 0.6) is 0 Å². The topological polar surface area (TPSA) is 15.3 Å². The molecule has 1 N–H and O–H groups in total. The van der Waals surface area contributed by atoms with Crippen molar-refractivity contribution in [2.45, 2.75) is 39.4 Å². The second-order valence-electron chi connectivity index (χ2n) is 5.17. The summed E-state index contributed by atoms with van der Waals surface area (Å²) in [6, 6.07) is 7.55. The number of halogens is 1. The Morgan fingerprint density at radius 1 is 1.41 bits per heavy atom. The lowest BCUT2D eigenvalue weighted by Gasteiger charge is -2.37. The van der Waals surface area contributed by atoms with Gasteiger partial charge in [-0.1, -0.05) is 23.7 Å². The van der Waals surface area contributed by atoms with E-state index >= 15 is 0 Å². The molecule has 0 radical (unpaired) electrons. The lowest BCUT2D eigenvalue weighted by molar-refractivity contribution is 0.139. The van der Waals surface area contributed by atoms with Crippen LogP contribution in [-0.4, -0.2) is 30.1 Å². The fourth-order valence-electron chi connectivity index (χ4n) is 2.29. The number of rotatable bonds is 2. The van der Waals surface area contributed by atoms with Crippen LogP contribution < -0.4 is 5.32 Å². The molecule has 1 fully saturated rings. The summed E-state index contributed by atoms with van der Waals surface area (Å²) in [6.45, 7) is 9.72. The minimum absolute atomic E-state index is 0.576. The van der Waals surface area contributed by atoms with Gasteiger partial charge in [-0.15, -0.1) is 0 Å². The molecule has 94 valence electrons. The highest BCUT2D eigenvalue weighted by Crippen LogP contribution is 2.19. The van der Waals surface area contributed by atoms with E-state index in [1.54, 1.807) is 0 Å². The largest absolute Gasteiger partial charge is 0.311 e. The molecule has 1 aliphatic rings. The molecule has 2 nitrogen and oxygen atoms in total. The summed E-state index contributed by atoms with van der Waals surface area (Å²) in [4.78, 5) is 2.52. The van der Waals surface area contributed by atoms with E-state index in [9.17, 15) is 0 Å². The van der Waals surface area contributed by atoms with Crippen molar-refractivity contribution < 1.29 is 0 Å². The summed E-state index contributed by atoms with van der Waals surface area (Å²) < 4.78 is 0. The second kappa shape index (κ2) is 5.38. The van der Waals surface area contributed by atoms with Gasteiger partial charge in [0.25, 0.3) is 0 Å². The van der Waals surface area contributed by atoms with E-state index in [0.29, 0.717) is 12.1 Å². The molecule has 1 aliphatic heterocycles. The van der Waals surface area contributed by atoms with Crippen LogP contribution in [0, 0.1) is 6.92 Å². The molecule has 2 unspecified atom stereocenters.